The van der Waals surface area contributed by atoms with Crippen molar-refractivity contribution in [2.75, 3.05) is 12.4 Å². The summed E-state index contributed by atoms with van der Waals surface area (Å²) >= 11 is 5.45. The van der Waals surface area contributed by atoms with Crippen LogP contribution < -0.4 is 0 Å². The van der Waals surface area contributed by atoms with Crippen molar-refractivity contribution in [1.29, 1.82) is 0 Å². The number of halogens is 1. The van der Waals surface area contributed by atoms with Crippen molar-refractivity contribution >= 4 is 33.7 Å². The van der Waals surface area contributed by atoms with Crippen LogP contribution in [0.2, 0.25) is 0 Å². The summed E-state index contributed by atoms with van der Waals surface area (Å²) in [5.41, 5.74) is 3.19. The van der Waals surface area contributed by atoms with Gasteiger partial charge in [0.05, 0.1) is 13.0 Å². The average Bonchev–Trinajstić information content (AvgIpc) is 2.89. The highest BCUT2D eigenvalue weighted by Gasteiger charge is 2.30. The Kier molecular flexibility index (Phi) is 8.53. The second kappa shape index (κ2) is 10.2. The molecule has 146 valence electrons. The van der Waals surface area contributed by atoms with E-state index in [-0.39, 0.29) is 11.4 Å². The van der Waals surface area contributed by atoms with Gasteiger partial charge in [0.1, 0.15) is 0 Å². The third-order valence-electron chi connectivity index (χ3n) is 5.49. The van der Waals surface area contributed by atoms with Crippen LogP contribution >= 0.6 is 27.7 Å². The van der Waals surface area contributed by atoms with E-state index in [9.17, 15) is 4.79 Å². The summed E-state index contributed by atoms with van der Waals surface area (Å²) in [4.78, 5) is 13.3. The molecule has 0 N–H and O–H groups in total. The van der Waals surface area contributed by atoms with Crippen molar-refractivity contribution in [2.45, 2.75) is 83.0 Å². The number of carbonyl (C=O) groups excluding carboxylic acids is 1. The first-order chi connectivity index (χ1) is 12.4. The Morgan fingerprint density at radius 1 is 1.35 bits per heavy atom. The molecule has 2 rings (SSSR count). The SMILES string of the molecule is CCCCC(CC)COC(=O)CCSc1cc2c(cc1Br)CCC2(C)C. The zero-order chi connectivity index (χ0) is 19.2. The van der Waals surface area contributed by atoms with E-state index < -0.39 is 0 Å². The van der Waals surface area contributed by atoms with E-state index in [0.717, 1.165) is 29.5 Å². The second-order valence-corrected chi connectivity index (χ2v) is 10.0. The van der Waals surface area contributed by atoms with Gasteiger partial charge in [-0.15, -0.1) is 11.8 Å². The fourth-order valence-corrected chi connectivity index (χ4v) is 5.17. The minimum atomic E-state index is -0.0648. The average molecular weight is 441 g/mol. The molecule has 26 heavy (non-hydrogen) atoms. The minimum Gasteiger partial charge on any atom is -0.465 e. The van der Waals surface area contributed by atoms with Gasteiger partial charge in [-0.2, -0.15) is 0 Å². The van der Waals surface area contributed by atoms with Gasteiger partial charge in [0, 0.05) is 15.1 Å². The molecule has 0 fully saturated rings. The van der Waals surface area contributed by atoms with Gasteiger partial charge in [-0.3, -0.25) is 4.79 Å². The van der Waals surface area contributed by atoms with Crippen LogP contribution in [0.3, 0.4) is 0 Å². The quantitative estimate of drug-likeness (QED) is 0.291. The van der Waals surface area contributed by atoms with Gasteiger partial charge < -0.3 is 4.74 Å². The normalized spacial score (nSPS) is 16.3. The van der Waals surface area contributed by atoms with Crippen molar-refractivity contribution in [3.05, 3.63) is 27.7 Å². The molecule has 0 heterocycles. The summed E-state index contributed by atoms with van der Waals surface area (Å²) in [5, 5.41) is 0. The number of thioether (sulfide) groups is 1. The standard InChI is InChI=1S/C22H33BrO2S/c1-5-7-8-16(6-2)15-25-21(24)10-12-26-20-14-18-17(13-19(20)23)9-11-22(18,3)4/h13-14,16H,5-12,15H2,1-4H3. The largest absolute Gasteiger partial charge is 0.465 e. The summed E-state index contributed by atoms with van der Waals surface area (Å²) in [6, 6.07) is 4.59. The van der Waals surface area contributed by atoms with Gasteiger partial charge in [0.2, 0.25) is 0 Å². The van der Waals surface area contributed by atoms with E-state index in [1.165, 1.54) is 35.3 Å². The third kappa shape index (κ3) is 6.02. The Morgan fingerprint density at radius 3 is 2.81 bits per heavy atom. The smallest absolute Gasteiger partial charge is 0.306 e. The van der Waals surface area contributed by atoms with E-state index >= 15 is 0 Å². The van der Waals surface area contributed by atoms with Gasteiger partial charge in [-0.25, -0.2) is 0 Å². The molecule has 0 saturated heterocycles. The summed E-state index contributed by atoms with van der Waals surface area (Å²) in [5.74, 6) is 1.22. The molecule has 1 atom stereocenters. The molecule has 1 aliphatic rings. The van der Waals surface area contributed by atoms with Crippen molar-refractivity contribution < 1.29 is 9.53 Å². The lowest BCUT2D eigenvalue weighted by molar-refractivity contribution is -0.144. The zero-order valence-electron chi connectivity index (χ0n) is 16.7. The first-order valence-corrected chi connectivity index (χ1v) is 11.8. The number of carbonyl (C=O) groups is 1. The van der Waals surface area contributed by atoms with E-state index in [4.69, 9.17) is 4.74 Å². The molecule has 0 saturated carbocycles. The summed E-state index contributed by atoms with van der Waals surface area (Å²) < 4.78 is 6.65. The predicted octanol–water partition coefficient (Wildman–Crippen LogP) is 6.91. The number of ether oxygens (including phenoxy) is 1. The maximum absolute atomic E-state index is 12.1. The van der Waals surface area contributed by atoms with E-state index in [2.05, 4.69) is 55.8 Å². The van der Waals surface area contributed by atoms with Gasteiger partial charge >= 0.3 is 5.97 Å². The molecule has 0 aliphatic heterocycles. The summed E-state index contributed by atoms with van der Waals surface area (Å²) in [7, 11) is 0. The van der Waals surface area contributed by atoms with Crippen LogP contribution in [0.1, 0.15) is 77.3 Å². The number of aryl methyl sites for hydroxylation is 1. The van der Waals surface area contributed by atoms with Crippen LogP contribution in [0.15, 0.2) is 21.5 Å². The molecule has 0 radical (unpaired) electrons. The van der Waals surface area contributed by atoms with Crippen LogP contribution in [0.25, 0.3) is 0 Å². The molecule has 0 amide bonds. The van der Waals surface area contributed by atoms with E-state index in [1.54, 1.807) is 11.8 Å². The summed E-state index contributed by atoms with van der Waals surface area (Å²) in [6.45, 7) is 9.60. The number of unbranched alkanes of at least 4 members (excludes halogenated alkanes) is 1. The first-order valence-electron chi connectivity index (χ1n) is 9.98. The van der Waals surface area contributed by atoms with Crippen LogP contribution in [-0.4, -0.2) is 18.3 Å². The monoisotopic (exact) mass is 440 g/mol. The lowest BCUT2D eigenvalue weighted by Crippen LogP contribution is -2.14. The Morgan fingerprint density at radius 2 is 2.12 bits per heavy atom. The van der Waals surface area contributed by atoms with Gasteiger partial charge in [-0.05, 0) is 69.8 Å². The Labute approximate surface area is 172 Å². The maximum atomic E-state index is 12.1. The molecule has 0 bridgehead atoms. The van der Waals surface area contributed by atoms with Crippen LogP contribution in [0.4, 0.5) is 0 Å². The van der Waals surface area contributed by atoms with Crippen LogP contribution in [-0.2, 0) is 21.4 Å². The fourth-order valence-electron chi connectivity index (χ4n) is 3.55. The molecular formula is C22H33BrO2S. The van der Waals surface area contributed by atoms with Crippen molar-refractivity contribution in [1.82, 2.24) is 0 Å². The number of benzene rings is 1. The minimum absolute atomic E-state index is 0.0648. The highest BCUT2D eigenvalue weighted by atomic mass is 79.9. The third-order valence-corrected chi connectivity index (χ3v) is 7.47. The second-order valence-electron chi connectivity index (χ2n) is 8.02. The molecule has 1 aromatic carbocycles. The number of hydrogen-bond donors (Lipinski definition) is 0. The molecular weight excluding hydrogens is 408 g/mol. The fraction of sp³-hybridized carbons (Fsp3) is 0.682. The van der Waals surface area contributed by atoms with Gasteiger partial charge in [-0.1, -0.05) is 47.0 Å². The number of esters is 1. The molecule has 0 spiro atoms. The molecule has 1 unspecified atom stereocenters. The number of fused-ring (bicyclic) bond motifs is 1. The molecule has 2 nitrogen and oxygen atoms in total. The molecule has 1 aromatic rings. The lowest BCUT2D eigenvalue weighted by atomic mass is 9.87. The Hall–Kier alpha value is -0.480. The van der Waals surface area contributed by atoms with Crippen LogP contribution in [0, 0.1) is 5.92 Å². The van der Waals surface area contributed by atoms with Crippen molar-refractivity contribution in [2.24, 2.45) is 5.92 Å². The van der Waals surface area contributed by atoms with Crippen LogP contribution in [0.5, 0.6) is 0 Å². The summed E-state index contributed by atoms with van der Waals surface area (Å²) in [6.07, 6.45) is 7.51. The number of rotatable bonds is 10. The van der Waals surface area contributed by atoms with Gasteiger partial charge in [0.15, 0.2) is 0 Å². The highest BCUT2D eigenvalue weighted by Crippen LogP contribution is 2.42. The Balaban J connectivity index is 1.80. The van der Waals surface area contributed by atoms with E-state index in [0.29, 0.717) is 18.9 Å². The Bertz CT molecular complexity index is 612. The molecule has 4 heteroatoms. The predicted molar refractivity (Wildman–Crippen MR) is 115 cm³/mol. The van der Waals surface area contributed by atoms with Crippen molar-refractivity contribution in [3.63, 3.8) is 0 Å². The van der Waals surface area contributed by atoms with Gasteiger partial charge in [0.25, 0.3) is 0 Å². The van der Waals surface area contributed by atoms with Crippen molar-refractivity contribution in [3.8, 4) is 0 Å². The lowest BCUT2D eigenvalue weighted by Gasteiger charge is -2.20. The highest BCUT2D eigenvalue weighted by molar-refractivity contribution is 9.10. The van der Waals surface area contributed by atoms with E-state index in [1.807, 2.05) is 0 Å². The zero-order valence-corrected chi connectivity index (χ0v) is 19.1. The topological polar surface area (TPSA) is 26.3 Å². The molecule has 1 aliphatic carbocycles. The first kappa shape index (κ1) is 21.8. The maximum Gasteiger partial charge on any atom is 0.306 e. The molecule has 0 aromatic heterocycles. The number of hydrogen-bond acceptors (Lipinski definition) is 3.